The van der Waals surface area contributed by atoms with Crippen LogP contribution in [0, 0.1) is 70.0 Å². The number of fused-ring (bicyclic) bond motifs is 12. The van der Waals surface area contributed by atoms with E-state index < -0.39 is 0 Å². The number of carbonyl (C=O) groups excluding carboxylic acids is 3. The first-order valence-corrected chi connectivity index (χ1v) is 35.3. The van der Waals surface area contributed by atoms with Crippen molar-refractivity contribution in [3.63, 3.8) is 0 Å². The van der Waals surface area contributed by atoms with E-state index in [0.717, 1.165) is 134 Å². The van der Waals surface area contributed by atoms with Gasteiger partial charge in [-0.15, -0.1) is 0 Å². The molecule has 4 saturated carbocycles. The van der Waals surface area contributed by atoms with Crippen LogP contribution in [0.4, 0.5) is 0 Å². The fourth-order valence-electron chi connectivity index (χ4n) is 22.3. The number of carbonyl (C=O) groups is 3. The van der Waals surface area contributed by atoms with E-state index >= 15 is 0 Å². The number of allylic oxidation sites excluding steroid dienone is 5. The standard InChI is InChI=1S/C39H55NO3.C39H53NO3/c2*1-25-21-36-37(40(24-25)20-8-11-30(41)14-12-28-9-6-5-7-10-28)27(3)39(43-36)19-17-32-33-15-13-29-22-31(42)16-18-38(29,4)35(33)23-34(32)26(39)2/h5-7,9-10,13,25,27,31-33,35-37,42H,8,11-12,14-24H2,1-4H3;5-7,9-10,13,25,27,32-33,35-37H,8,11-12,14-24H2,1-4H3/t25-,27+,31-,32-,33-,35-,36+,37-,38-,39-;25-,27+,32-,33-,35-,36+,37-,38-,39-/m00/s1. The molecule has 0 radical (unpaired) electrons. The molecule has 8 heteroatoms. The molecule has 0 unspecified atom stereocenters. The Bertz CT molecular complexity index is 2980. The van der Waals surface area contributed by atoms with Gasteiger partial charge >= 0.3 is 0 Å². The lowest BCUT2D eigenvalue weighted by molar-refractivity contribution is -0.121. The topological polar surface area (TPSA) is 96.4 Å². The fraction of sp³-hybridized carbons (Fsp3) is 0.705. The number of hydrogen-bond donors (Lipinski definition) is 1. The maximum absolute atomic E-state index is 12.8. The van der Waals surface area contributed by atoms with E-state index in [2.05, 4.69) is 126 Å². The Balaban J connectivity index is 0.000000160. The number of ether oxygens (including phenoxy) is 2. The Hall–Kier alpha value is -3.79. The molecule has 0 amide bonds. The van der Waals surface area contributed by atoms with E-state index in [9.17, 15) is 19.5 Å². The van der Waals surface area contributed by atoms with Gasteiger partial charge in [-0.1, -0.05) is 137 Å². The number of aryl methyl sites for hydroxylation is 2. The van der Waals surface area contributed by atoms with E-state index in [4.69, 9.17) is 9.47 Å². The molecule has 8 fully saturated rings. The third-order valence-corrected chi connectivity index (χ3v) is 26.9. The third kappa shape index (κ3) is 11.0. The molecule has 0 bridgehead atoms. The van der Waals surface area contributed by atoms with E-state index in [1.807, 2.05) is 12.1 Å². The van der Waals surface area contributed by atoms with Gasteiger partial charge in [0.1, 0.15) is 17.3 Å². The van der Waals surface area contributed by atoms with Crippen molar-refractivity contribution in [1.82, 2.24) is 9.80 Å². The maximum Gasteiger partial charge on any atom is 0.136 e. The zero-order valence-corrected chi connectivity index (χ0v) is 54.3. The van der Waals surface area contributed by atoms with Crippen LogP contribution in [0.1, 0.15) is 208 Å². The minimum Gasteiger partial charge on any atom is -0.393 e. The molecular weight excluding hydrogens is 1060 g/mol. The minimum atomic E-state index is -0.141. The van der Waals surface area contributed by atoms with Crippen molar-refractivity contribution >= 4 is 17.3 Å². The molecule has 2 spiro atoms. The van der Waals surface area contributed by atoms with Crippen molar-refractivity contribution in [3.05, 3.63) is 117 Å². The van der Waals surface area contributed by atoms with E-state index in [-0.39, 0.29) is 28.1 Å². The van der Waals surface area contributed by atoms with Gasteiger partial charge in [0.2, 0.25) is 0 Å². The van der Waals surface area contributed by atoms with E-state index in [1.54, 1.807) is 27.9 Å². The summed E-state index contributed by atoms with van der Waals surface area (Å²) in [6, 6.07) is 21.7. The van der Waals surface area contributed by atoms with Gasteiger partial charge in [0, 0.05) is 75.5 Å². The molecule has 4 saturated heterocycles. The number of Topliss-reactive ketones (excluding diaryl/α,β-unsaturated/α-hetero) is 3. The van der Waals surface area contributed by atoms with Crippen LogP contribution in [-0.4, -0.2) is 100 Å². The Labute approximate surface area is 518 Å². The van der Waals surface area contributed by atoms with Crippen molar-refractivity contribution in [2.75, 3.05) is 26.2 Å². The predicted octanol–water partition coefficient (Wildman–Crippen LogP) is 15.6. The Morgan fingerprint density at radius 2 is 1.06 bits per heavy atom. The molecule has 0 aromatic heterocycles. The van der Waals surface area contributed by atoms with Crippen molar-refractivity contribution < 1.29 is 29.0 Å². The van der Waals surface area contributed by atoms with Gasteiger partial charge in [0.05, 0.1) is 29.5 Å². The highest BCUT2D eigenvalue weighted by Crippen LogP contribution is 2.67. The van der Waals surface area contributed by atoms with Gasteiger partial charge < -0.3 is 14.6 Å². The summed E-state index contributed by atoms with van der Waals surface area (Å²) in [7, 11) is 0. The second-order valence-electron chi connectivity index (χ2n) is 31.5. The number of benzene rings is 2. The molecule has 2 aromatic carbocycles. The first-order chi connectivity index (χ1) is 41.4. The maximum atomic E-state index is 12.8. The number of rotatable bonds is 14. The number of nitrogens with zero attached hydrogens (tertiary/aromatic N) is 2. The lowest BCUT2D eigenvalue weighted by Gasteiger charge is -2.49. The largest absolute Gasteiger partial charge is 0.393 e. The van der Waals surface area contributed by atoms with Crippen molar-refractivity contribution in [1.29, 1.82) is 0 Å². The monoisotopic (exact) mass is 1170 g/mol. The molecule has 8 aliphatic carbocycles. The van der Waals surface area contributed by atoms with Crippen molar-refractivity contribution in [2.24, 2.45) is 70.0 Å². The molecule has 1 N–H and O–H groups in total. The van der Waals surface area contributed by atoms with Crippen LogP contribution < -0.4 is 0 Å². The van der Waals surface area contributed by atoms with Gasteiger partial charge in [-0.25, -0.2) is 0 Å². The summed E-state index contributed by atoms with van der Waals surface area (Å²) in [5.74, 6) is 7.74. The quantitative estimate of drug-likeness (QED) is 0.187. The summed E-state index contributed by atoms with van der Waals surface area (Å²) < 4.78 is 14.6. The second-order valence-corrected chi connectivity index (χ2v) is 31.5. The average Bonchev–Trinajstić information content (AvgIpc) is 1.70. The van der Waals surface area contributed by atoms with Crippen LogP contribution in [0.5, 0.6) is 0 Å². The number of aliphatic hydroxyl groups is 1. The molecular formula is C78H108N2O6. The van der Waals surface area contributed by atoms with E-state index in [0.29, 0.717) is 115 Å². The molecule has 2 aromatic rings. The van der Waals surface area contributed by atoms with Crippen LogP contribution in [0.2, 0.25) is 0 Å². The molecule has 12 aliphatic rings. The van der Waals surface area contributed by atoms with Crippen LogP contribution >= 0.6 is 0 Å². The number of hydrogen-bond acceptors (Lipinski definition) is 8. The number of ketones is 3. The summed E-state index contributed by atoms with van der Waals surface area (Å²) in [6.45, 7) is 23.9. The van der Waals surface area contributed by atoms with Gasteiger partial charge in [-0.05, 0) is 223 Å². The number of likely N-dealkylation sites (tertiary alicyclic amines) is 2. The summed E-state index contributed by atoms with van der Waals surface area (Å²) in [4.78, 5) is 43.3. The van der Waals surface area contributed by atoms with Crippen molar-refractivity contribution in [2.45, 2.75) is 251 Å². The molecule has 86 heavy (non-hydrogen) atoms. The number of aliphatic hydroxyl groups excluding tert-OH is 1. The highest BCUT2D eigenvalue weighted by Gasteiger charge is 2.64. The third-order valence-electron chi connectivity index (χ3n) is 26.9. The Kier molecular flexibility index (Phi) is 17.4. The van der Waals surface area contributed by atoms with E-state index in [1.165, 1.54) is 48.8 Å². The van der Waals surface area contributed by atoms with Crippen molar-refractivity contribution in [3.8, 4) is 0 Å². The van der Waals surface area contributed by atoms with Crippen LogP contribution in [0.15, 0.2) is 106 Å². The highest BCUT2D eigenvalue weighted by molar-refractivity contribution is 5.83. The molecule has 4 aliphatic heterocycles. The lowest BCUT2D eigenvalue weighted by atomic mass is 9.56. The van der Waals surface area contributed by atoms with Gasteiger partial charge in [0.25, 0.3) is 0 Å². The van der Waals surface area contributed by atoms with Gasteiger partial charge in [0.15, 0.2) is 0 Å². The summed E-state index contributed by atoms with van der Waals surface area (Å²) in [5, 5.41) is 10.4. The normalized spacial score (nSPS) is 41.5. The highest BCUT2D eigenvalue weighted by atomic mass is 16.5. The molecule has 4 heterocycles. The van der Waals surface area contributed by atoms with Gasteiger partial charge in [-0.2, -0.15) is 0 Å². The molecule has 19 atom stereocenters. The number of piperidine rings is 2. The average molecular weight is 1170 g/mol. The second kappa shape index (κ2) is 24.4. The summed E-state index contributed by atoms with van der Waals surface area (Å²) in [6.07, 6.45) is 29.2. The Morgan fingerprint density at radius 3 is 1.55 bits per heavy atom. The molecule has 14 rings (SSSR count). The minimum absolute atomic E-state index is 0.123. The summed E-state index contributed by atoms with van der Waals surface area (Å²) >= 11 is 0. The van der Waals surface area contributed by atoms with Gasteiger partial charge in [-0.3, -0.25) is 24.2 Å². The zero-order chi connectivity index (χ0) is 59.9. The predicted molar refractivity (Wildman–Crippen MR) is 344 cm³/mol. The molecule has 8 nitrogen and oxygen atoms in total. The summed E-state index contributed by atoms with van der Waals surface area (Å²) in [5.41, 5.74) is 12.4. The molecule has 466 valence electrons. The lowest BCUT2D eigenvalue weighted by Crippen LogP contribution is -2.52. The SMILES string of the molecule is CC1=C2C[C@H]3[C@@H](CC=C4CC(=O)CC[C@@]43C)[C@@H]2CC[C@]12O[C@@H]1C[C@H](C)CN(CCCC(=O)CCc3ccccc3)[C@H]1[C@H]2C.CC1=C2C[C@H]3[C@@H](CC=C4C[C@@H](O)CC[C@@]43C)[C@@H]2CC[C@]12O[C@@H]1C[C@H](C)CN(CCCC(=O)CCc3ccccc3)[C@H]1[C@H]2C. The fourth-order valence-corrected chi connectivity index (χ4v) is 22.3. The van der Waals surface area contributed by atoms with Crippen LogP contribution in [0.25, 0.3) is 0 Å². The Morgan fingerprint density at radius 1 is 0.593 bits per heavy atom. The first kappa shape index (κ1) is 61.1. The first-order valence-electron chi connectivity index (χ1n) is 35.3. The van der Waals surface area contributed by atoms with Crippen LogP contribution in [-0.2, 0) is 36.7 Å². The smallest absolute Gasteiger partial charge is 0.136 e. The van der Waals surface area contributed by atoms with Crippen LogP contribution in [0.3, 0.4) is 0 Å². The zero-order valence-electron chi connectivity index (χ0n) is 54.3.